The van der Waals surface area contributed by atoms with Crippen molar-refractivity contribution >= 4 is 27.4 Å². The van der Waals surface area contributed by atoms with E-state index in [0.29, 0.717) is 18.2 Å². The maximum absolute atomic E-state index is 12.0. The van der Waals surface area contributed by atoms with E-state index in [2.05, 4.69) is 0 Å². The number of rotatable bonds is 9. The fourth-order valence-corrected chi connectivity index (χ4v) is 3.28. The van der Waals surface area contributed by atoms with Crippen molar-refractivity contribution in [3.63, 3.8) is 0 Å². The first kappa shape index (κ1) is 22.6. The highest BCUT2D eigenvalue weighted by Crippen LogP contribution is 2.33. The summed E-state index contributed by atoms with van der Waals surface area (Å²) in [6.07, 6.45) is 3.33. The van der Waals surface area contributed by atoms with Crippen LogP contribution in [0.3, 0.4) is 0 Å². The molecule has 1 fully saturated rings. The van der Waals surface area contributed by atoms with Crippen LogP contribution in [0, 0.1) is 5.92 Å². The maximum Gasteiger partial charge on any atom is 0.338 e. The summed E-state index contributed by atoms with van der Waals surface area (Å²) >= 11 is 0. The predicted molar refractivity (Wildman–Crippen MR) is 115 cm³/mol. The average Bonchev–Trinajstić information content (AvgIpc) is 3.54. The van der Waals surface area contributed by atoms with Gasteiger partial charge in [-0.25, -0.2) is 13.2 Å². The zero-order chi connectivity index (χ0) is 22.6. The minimum absolute atomic E-state index is 0.0148. The van der Waals surface area contributed by atoms with E-state index in [4.69, 9.17) is 14.2 Å². The number of benzene rings is 2. The minimum Gasteiger partial charge on any atom is -0.478 e. The van der Waals surface area contributed by atoms with Gasteiger partial charge in [0.25, 0.3) is 0 Å². The lowest BCUT2D eigenvalue weighted by molar-refractivity contribution is -0.116. The Hall–Kier alpha value is -3.07. The van der Waals surface area contributed by atoms with E-state index >= 15 is 0 Å². The molecule has 0 heterocycles. The molecule has 0 N–H and O–H groups in total. The van der Waals surface area contributed by atoms with Crippen molar-refractivity contribution < 1.29 is 32.2 Å². The fraction of sp³-hybridized carbons (Fsp3) is 0.364. The highest BCUT2D eigenvalue weighted by Gasteiger charge is 2.26. The van der Waals surface area contributed by atoms with Gasteiger partial charge in [-0.15, -0.1) is 0 Å². The van der Waals surface area contributed by atoms with Crippen molar-refractivity contribution in [3.05, 3.63) is 48.0 Å². The second kappa shape index (κ2) is 9.38. The van der Waals surface area contributed by atoms with Gasteiger partial charge < -0.3 is 19.1 Å². The molecule has 8 nitrogen and oxygen atoms in total. The van der Waals surface area contributed by atoms with Gasteiger partial charge in [0.1, 0.15) is 17.2 Å². The summed E-state index contributed by atoms with van der Waals surface area (Å²) < 4.78 is 38.6. The number of methoxy groups -OCH3 is 1. The Balaban J connectivity index is 1.79. The molecule has 1 aliphatic rings. The SMILES string of the molecule is COC(=O)c1cc(OCS(C)(=O)=O)cc(Oc2ccc(N(CC3CC3)C(C)=O)cc2)c1. The molecule has 0 spiro atoms. The third-order valence-electron chi connectivity index (χ3n) is 4.64. The van der Waals surface area contributed by atoms with Crippen LogP contribution in [-0.2, 0) is 19.4 Å². The van der Waals surface area contributed by atoms with Crippen molar-refractivity contribution in [2.24, 2.45) is 5.92 Å². The van der Waals surface area contributed by atoms with Gasteiger partial charge >= 0.3 is 5.97 Å². The molecule has 0 unspecified atom stereocenters. The Morgan fingerprint density at radius 3 is 2.23 bits per heavy atom. The lowest BCUT2D eigenvalue weighted by Gasteiger charge is -2.21. The van der Waals surface area contributed by atoms with E-state index in [1.54, 1.807) is 36.1 Å². The molecule has 1 amide bonds. The first-order valence-electron chi connectivity index (χ1n) is 9.74. The molecule has 1 aliphatic carbocycles. The molecule has 0 bridgehead atoms. The standard InChI is InChI=1S/C22H25NO7S/c1-15(24)23(13-16-4-5-16)18-6-8-19(9-7-18)30-21-11-17(22(25)28-2)10-20(12-21)29-14-31(3,26)27/h6-12,16H,4-5,13-14H2,1-3H3. The lowest BCUT2D eigenvalue weighted by atomic mass is 10.2. The van der Waals surface area contributed by atoms with Gasteiger partial charge in [0.2, 0.25) is 5.91 Å². The summed E-state index contributed by atoms with van der Waals surface area (Å²) in [5.74, 6) is 0.322. The fourth-order valence-electron chi connectivity index (χ4n) is 2.93. The number of nitrogens with zero attached hydrogens (tertiary/aromatic N) is 1. The van der Waals surface area contributed by atoms with Gasteiger partial charge in [0.05, 0.1) is 12.7 Å². The van der Waals surface area contributed by atoms with Gasteiger partial charge in [-0.05, 0) is 55.2 Å². The van der Waals surface area contributed by atoms with Crippen molar-refractivity contribution in [3.8, 4) is 17.2 Å². The number of esters is 1. The second-order valence-corrected chi connectivity index (χ2v) is 9.63. The van der Waals surface area contributed by atoms with E-state index in [9.17, 15) is 18.0 Å². The molecule has 1 saturated carbocycles. The molecule has 166 valence electrons. The van der Waals surface area contributed by atoms with Crippen molar-refractivity contribution in [1.29, 1.82) is 0 Å². The van der Waals surface area contributed by atoms with Crippen LogP contribution < -0.4 is 14.4 Å². The van der Waals surface area contributed by atoms with Crippen LogP contribution >= 0.6 is 0 Å². The molecule has 0 aromatic heterocycles. The molecule has 3 rings (SSSR count). The largest absolute Gasteiger partial charge is 0.478 e. The Morgan fingerprint density at radius 1 is 1.03 bits per heavy atom. The number of hydrogen-bond acceptors (Lipinski definition) is 7. The van der Waals surface area contributed by atoms with E-state index < -0.39 is 21.7 Å². The minimum atomic E-state index is -3.37. The van der Waals surface area contributed by atoms with Crippen LogP contribution in [0.2, 0.25) is 0 Å². The van der Waals surface area contributed by atoms with Gasteiger partial charge in [-0.1, -0.05) is 0 Å². The number of amides is 1. The van der Waals surface area contributed by atoms with Gasteiger partial charge in [0.15, 0.2) is 15.8 Å². The second-order valence-electron chi connectivity index (χ2n) is 7.54. The molecule has 0 atom stereocenters. The quantitative estimate of drug-likeness (QED) is 0.543. The Bertz CT molecular complexity index is 1060. The molecule has 2 aromatic carbocycles. The van der Waals surface area contributed by atoms with Crippen LogP contribution in [0.1, 0.15) is 30.1 Å². The van der Waals surface area contributed by atoms with Gasteiger partial charge in [0, 0.05) is 31.5 Å². The smallest absolute Gasteiger partial charge is 0.338 e. The molecule has 31 heavy (non-hydrogen) atoms. The van der Waals surface area contributed by atoms with E-state index in [-0.39, 0.29) is 23.0 Å². The van der Waals surface area contributed by atoms with Crippen LogP contribution in [0.15, 0.2) is 42.5 Å². The number of carbonyl (C=O) groups is 2. The molecule has 0 radical (unpaired) electrons. The number of ether oxygens (including phenoxy) is 3. The van der Waals surface area contributed by atoms with Gasteiger partial charge in [-0.3, -0.25) is 4.79 Å². The molecule has 0 aliphatic heterocycles. The summed E-state index contributed by atoms with van der Waals surface area (Å²) in [5, 5.41) is 0. The molecule has 2 aromatic rings. The predicted octanol–water partition coefficient (Wildman–Crippen LogP) is 3.41. The number of carbonyl (C=O) groups excluding carboxylic acids is 2. The molecule has 9 heteroatoms. The zero-order valence-corrected chi connectivity index (χ0v) is 18.5. The van der Waals surface area contributed by atoms with E-state index in [1.165, 1.54) is 25.3 Å². The number of anilines is 1. The summed E-state index contributed by atoms with van der Waals surface area (Å²) in [5.41, 5.74) is 0.944. The van der Waals surface area contributed by atoms with Crippen molar-refractivity contribution in [2.75, 3.05) is 30.7 Å². The maximum atomic E-state index is 12.0. The summed E-state index contributed by atoms with van der Waals surface area (Å²) in [7, 11) is -2.12. The third kappa shape index (κ3) is 6.71. The van der Waals surface area contributed by atoms with E-state index in [1.807, 2.05) is 0 Å². The Kier molecular flexibility index (Phi) is 6.84. The third-order valence-corrected chi connectivity index (χ3v) is 5.19. The Morgan fingerprint density at radius 2 is 1.68 bits per heavy atom. The van der Waals surface area contributed by atoms with Crippen LogP contribution in [0.5, 0.6) is 17.2 Å². The highest BCUT2D eigenvalue weighted by atomic mass is 32.2. The highest BCUT2D eigenvalue weighted by molar-refractivity contribution is 7.90. The molecular weight excluding hydrogens is 422 g/mol. The first-order valence-corrected chi connectivity index (χ1v) is 11.8. The topological polar surface area (TPSA) is 99.2 Å². The van der Waals surface area contributed by atoms with Gasteiger partial charge in [-0.2, -0.15) is 0 Å². The summed E-state index contributed by atoms with van der Waals surface area (Å²) in [4.78, 5) is 25.7. The number of sulfone groups is 1. The lowest BCUT2D eigenvalue weighted by Crippen LogP contribution is -2.30. The van der Waals surface area contributed by atoms with Crippen molar-refractivity contribution in [1.82, 2.24) is 0 Å². The summed E-state index contributed by atoms with van der Waals surface area (Å²) in [6.45, 7) is 2.25. The summed E-state index contributed by atoms with van der Waals surface area (Å²) in [6, 6.07) is 11.4. The van der Waals surface area contributed by atoms with Crippen LogP contribution in [0.25, 0.3) is 0 Å². The zero-order valence-electron chi connectivity index (χ0n) is 17.7. The first-order chi connectivity index (χ1) is 14.6. The van der Waals surface area contributed by atoms with E-state index in [0.717, 1.165) is 24.8 Å². The normalized spacial score (nSPS) is 13.4. The van der Waals surface area contributed by atoms with Crippen LogP contribution in [-0.4, -0.2) is 46.1 Å². The Labute approximate surface area is 181 Å². The monoisotopic (exact) mass is 447 g/mol. The molecule has 0 saturated heterocycles. The van der Waals surface area contributed by atoms with Crippen molar-refractivity contribution in [2.45, 2.75) is 19.8 Å². The number of hydrogen-bond donors (Lipinski definition) is 0. The average molecular weight is 448 g/mol. The molecular formula is C22H25NO7S. The van der Waals surface area contributed by atoms with Crippen LogP contribution in [0.4, 0.5) is 5.69 Å².